The van der Waals surface area contributed by atoms with Gasteiger partial charge >= 0.3 is 41.9 Å². The van der Waals surface area contributed by atoms with Gasteiger partial charge in [0.1, 0.15) is 0 Å². The van der Waals surface area contributed by atoms with Crippen LogP contribution in [0.5, 0.6) is 0 Å². The fourth-order valence-electron chi connectivity index (χ4n) is 1.84. The molecule has 2 aliphatic carbocycles. The molecule has 0 spiro atoms. The van der Waals surface area contributed by atoms with Gasteiger partial charge in [0.15, 0.2) is 0 Å². The third-order valence-electron chi connectivity index (χ3n) is 3.01. The van der Waals surface area contributed by atoms with Crippen LogP contribution in [0.3, 0.4) is 0 Å². The van der Waals surface area contributed by atoms with Crippen LogP contribution in [-0.2, 0) is 23.3 Å². The first-order chi connectivity index (χ1) is 9.94. The zero-order valence-electron chi connectivity index (χ0n) is 16.5. The number of hydrogen-bond donors (Lipinski definition) is 0. The van der Waals surface area contributed by atoms with Crippen molar-refractivity contribution in [2.24, 2.45) is 0 Å². The van der Waals surface area contributed by atoms with Crippen LogP contribution in [0.25, 0.3) is 0 Å². The van der Waals surface area contributed by atoms with Gasteiger partial charge in [-0.25, -0.2) is 22.5 Å². The van der Waals surface area contributed by atoms with Crippen LogP contribution in [0.4, 0.5) is 0 Å². The van der Waals surface area contributed by atoms with Crippen LogP contribution in [0.2, 0.25) is 52.4 Å². The summed E-state index contributed by atoms with van der Waals surface area (Å²) in [7, 11) is -2.01. The summed E-state index contributed by atoms with van der Waals surface area (Å²) in [4.78, 5) is 0. The van der Waals surface area contributed by atoms with E-state index in [-0.39, 0.29) is 30.2 Å². The number of hydrogen-bond acceptors (Lipinski definition) is 0. The van der Waals surface area contributed by atoms with Crippen molar-refractivity contribution in [3.05, 3.63) is 46.8 Å². The SMILES string of the molecule is C[Si](C)(C)C1=[C-]CC=C1.C[Si](C)(C)C1=[C-]CC=C1.C[Si](C)=[Zr+2].[Cl-].[Cl-]. The molecule has 0 nitrogen and oxygen atoms in total. The van der Waals surface area contributed by atoms with Crippen molar-refractivity contribution in [3.63, 3.8) is 0 Å². The molecule has 0 saturated heterocycles. The Morgan fingerprint density at radius 3 is 1.12 bits per heavy atom. The Bertz CT molecular complexity index is 449. The predicted octanol–water partition coefficient (Wildman–Crippen LogP) is -0.101. The summed E-state index contributed by atoms with van der Waals surface area (Å²) in [6.07, 6.45) is 17.6. The molecule has 2 aliphatic rings. The minimum absolute atomic E-state index is 0. The van der Waals surface area contributed by atoms with Crippen molar-refractivity contribution in [2.75, 3.05) is 0 Å². The Hall–Kier alpha value is 1.07. The Morgan fingerprint density at radius 1 is 0.792 bits per heavy atom. The summed E-state index contributed by atoms with van der Waals surface area (Å²) in [6.45, 7) is 18.7. The quantitative estimate of drug-likeness (QED) is 0.372. The molecular weight excluding hydrogens is 463 g/mol. The van der Waals surface area contributed by atoms with Gasteiger partial charge in [0.25, 0.3) is 0 Å². The van der Waals surface area contributed by atoms with Gasteiger partial charge in [-0.15, -0.1) is 12.8 Å². The molecular formula is C18H32Cl2Si3Zr-2. The van der Waals surface area contributed by atoms with Crippen LogP contribution in [0.15, 0.2) is 34.7 Å². The first-order valence-electron chi connectivity index (χ1n) is 8.02. The molecule has 0 atom stereocenters. The van der Waals surface area contributed by atoms with Crippen LogP contribution in [-0.4, -0.2) is 21.6 Å². The molecule has 0 fully saturated rings. The van der Waals surface area contributed by atoms with Gasteiger partial charge in [-0.05, 0) is 0 Å². The molecule has 0 heterocycles. The fraction of sp³-hybridized carbons (Fsp3) is 0.556. The van der Waals surface area contributed by atoms with E-state index in [0.717, 1.165) is 12.8 Å². The van der Waals surface area contributed by atoms with Gasteiger partial charge in [-0.3, -0.25) is 12.2 Å². The maximum atomic E-state index is 3.36. The third-order valence-corrected chi connectivity index (χ3v) is 6.92. The maximum Gasteiger partial charge on any atom is -1.00 e. The molecule has 2 rings (SSSR count). The van der Waals surface area contributed by atoms with Gasteiger partial charge in [-0.2, -0.15) is 12.2 Å². The van der Waals surface area contributed by atoms with E-state index >= 15 is 0 Å². The molecule has 0 aromatic rings. The Labute approximate surface area is 180 Å². The summed E-state index contributed by atoms with van der Waals surface area (Å²) in [5, 5.41) is 2.98. The second-order valence-electron chi connectivity index (χ2n) is 7.89. The molecule has 0 radical (unpaired) electrons. The van der Waals surface area contributed by atoms with Gasteiger partial charge in [0.2, 0.25) is 0 Å². The van der Waals surface area contributed by atoms with Crippen molar-refractivity contribution in [2.45, 2.75) is 65.2 Å². The average molecular weight is 495 g/mol. The van der Waals surface area contributed by atoms with E-state index in [1.807, 2.05) is 0 Å². The topological polar surface area (TPSA) is 0 Å². The third kappa shape index (κ3) is 15.3. The Morgan fingerprint density at radius 2 is 1.04 bits per heavy atom. The van der Waals surface area contributed by atoms with Gasteiger partial charge < -0.3 is 24.8 Å². The van der Waals surface area contributed by atoms with Crippen molar-refractivity contribution in [1.82, 2.24) is 0 Å². The molecule has 0 bridgehead atoms. The smallest absolute Gasteiger partial charge is 1.00 e. The molecule has 0 unspecified atom stereocenters. The maximum absolute atomic E-state index is 3.36. The van der Waals surface area contributed by atoms with Crippen LogP contribution in [0, 0.1) is 12.2 Å². The van der Waals surface area contributed by atoms with Gasteiger partial charge in [0.05, 0.1) is 0 Å². The summed E-state index contributed by atoms with van der Waals surface area (Å²) >= 11 is 1.74. The molecule has 0 N–H and O–H groups in total. The molecule has 0 amide bonds. The predicted molar refractivity (Wildman–Crippen MR) is 105 cm³/mol. The van der Waals surface area contributed by atoms with Crippen LogP contribution in [0.1, 0.15) is 12.8 Å². The van der Waals surface area contributed by atoms with E-state index in [1.165, 1.54) is 10.4 Å². The van der Waals surface area contributed by atoms with Gasteiger partial charge in [0, 0.05) is 16.1 Å². The van der Waals surface area contributed by atoms with E-state index in [1.54, 1.807) is 23.3 Å². The second-order valence-corrected chi connectivity index (χ2v) is 27.3. The molecule has 0 aliphatic heterocycles. The molecule has 6 heteroatoms. The Balaban J connectivity index is -0.000000283. The molecule has 0 aromatic carbocycles. The first kappa shape index (κ1) is 29.8. The van der Waals surface area contributed by atoms with E-state index < -0.39 is 16.1 Å². The normalized spacial score (nSPS) is 14.9. The van der Waals surface area contributed by atoms with Crippen molar-refractivity contribution in [3.8, 4) is 0 Å². The van der Waals surface area contributed by atoms with E-state index in [2.05, 4.69) is 88.8 Å². The monoisotopic (exact) mass is 492 g/mol. The molecule has 0 saturated carbocycles. The summed E-state index contributed by atoms with van der Waals surface area (Å²) in [6, 6.07) is 0. The van der Waals surface area contributed by atoms with Gasteiger partial charge in [-0.1, -0.05) is 39.3 Å². The Kier molecular flexibility index (Phi) is 17.6. The number of allylic oxidation sites excluding steroid dienone is 8. The fourth-order valence-corrected chi connectivity index (χ4v) is 4.34. The van der Waals surface area contributed by atoms with Crippen LogP contribution >= 0.6 is 0 Å². The molecule has 136 valence electrons. The standard InChI is InChI=1S/2C8H13Si.C2H6Si.2ClH.Zr/c2*1-9(2,3)8-6-4-5-7-8;1-3-2;;;/h2*4,6H,5H2,1-3H3;1-2H3;2*1H;/q2*-1;;;;+2/p-2. The zero-order chi connectivity index (χ0) is 17.4. The second kappa shape index (κ2) is 14.2. The van der Waals surface area contributed by atoms with E-state index in [9.17, 15) is 0 Å². The zero-order valence-corrected chi connectivity index (χ0v) is 23.4. The van der Waals surface area contributed by atoms with Crippen molar-refractivity contribution in [1.29, 1.82) is 0 Å². The minimum atomic E-state index is -1.01. The average Bonchev–Trinajstić information content (AvgIpc) is 3.02. The van der Waals surface area contributed by atoms with Crippen molar-refractivity contribution >= 4 is 21.6 Å². The summed E-state index contributed by atoms with van der Waals surface area (Å²) < 4.78 is 0. The summed E-state index contributed by atoms with van der Waals surface area (Å²) in [5.41, 5.74) is 0.210. The molecule has 0 aromatic heterocycles. The first-order valence-corrected chi connectivity index (χ1v) is 21.2. The molecule has 24 heavy (non-hydrogen) atoms. The van der Waals surface area contributed by atoms with E-state index in [0.29, 0.717) is 0 Å². The largest absolute Gasteiger partial charge is 1.00 e. The van der Waals surface area contributed by atoms with E-state index in [4.69, 9.17) is 0 Å². The number of rotatable bonds is 2. The minimum Gasteiger partial charge on any atom is -1.00 e. The van der Waals surface area contributed by atoms with Crippen molar-refractivity contribution < 1.29 is 48.1 Å². The van der Waals surface area contributed by atoms with Crippen LogP contribution < -0.4 is 24.8 Å². The number of halogens is 2. The summed E-state index contributed by atoms with van der Waals surface area (Å²) in [5.74, 6) is 0.